The van der Waals surface area contributed by atoms with Crippen LogP contribution in [0.15, 0.2) is 23.1 Å². The normalized spacial score (nSPS) is 12.5. The molecule has 0 amide bonds. The van der Waals surface area contributed by atoms with Gasteiger partial charge in [-0.2, -0.15) is 0 Å². The summed E-state index contributed by atoms with van der Waals surface area (Å²) in [5, 5.41) is 0. The second-order valence-corrected chi connectivity index (χ2v) is 3.61. The first-order chi connectivity index (χ1) is 6.69. The van der Waals surface area contributed by atoms with Crippen LogP contribution < -0.4 is 4.74 Å². The molecule has 0 aliphatic rings. The van der Waals surface area contributed by atoms with Gasteiger partial charge in [-0.1, -0.05) is 6.07 Å². The first-order valence-corrected chi connectivity index (χ1v) is 5.06. The lowest BCUT2D eigenvalue weighted by molar-refractivity contribution is 0.184. The van der Waals surface area contributed by atoms with Crippen molar-refractivity contribution in [1.82, 2.24) is 0 Å². The Bertz CT molecular complexity index is 338. The summed E-state index contributed by atoms with van der Waals surface area (Å²) in [6.07, 6.45) is 0. The molecule has 4 nitrogen and oxygen atoms in total. The van der Waals surface area contributed by atoms with E-state index in [1.165, 1.54) is 7.11 Å². The molecule has 0 aliphatic heterocycles. The first-order valence-electron chi connectivity index (χ1n) is 3.95. The Hall–Kier alpha value is -0.910. The Balaban J connectivity index is 3.07. The Morgan fingerprint density at radius 2 is 2.14 bits per heavy atom. The van der Waals surface area contributed by atoms with Gasteiger partial charge >= 0.3 is 0 Å². The van der Waals surface area contributed by atoms with Crippen molar-refractivity contribution < 1.29 is 18.2 Å². The number of hydrogen-bond acceptors (Lipinski definition) is 3. The van der Waals surface area contributed by atoms with Crippen LogP contribution in [0.5, 0.6) is 5.75 Å². The standard InChI is InChI=1S/C9H12O4S/c1-12-6-7-3-4-8(13-2)9(5-7)14(10)11/h3-5H,6H2,1-2H3,(H,10,11). The van der Waals surface area contributed by atoms with Crippen molar-refractivity contribution in [1.29, 1.82) is 0 Å². The van der Waals surface area contributed by atoms with Crippen LogP contribution in [0.4, 0.5) is 0 Å². The summed E-state index contributed by atoms with van der Waals surface area (Å²) in [7, 11) is 3.03. The van der Waals surface area contributed by atoms with Crippen molar-refractivity contribution in [2.75, 3.05) is 14.2 Å². The molecule has 0 spiro atoms. The van der Waals surface area contributed by atoms with Crippen molar-refractivity contribution in [2.45, 2.75) is 11.5 Å². The van der Waals surface area contributed by atoms with E-state index >= 15 is 0 Å². The molecule has 0 bridgehead atoms. The van der Waals surface area contributed by atoms with Gasteiger partial charge in [-0.25, -0.2) is 4.21 Å². The van der Waals surface area contributed by atoms with Gasteiger partial charge in [0.05, 0.1) is 13.7 Å². The van der Waals surface area contributed by atoms with Crippen LogP contribution in [-0.2, 0) is 22.4 Å². The minimum atomic E-state index is -2.03. The van der Waals surface area contributed by atoms with Gasteiger partial charge < -0.3 is 14.0 Å². The number of hydrogen-bond donors (Lipinski definition) is 1. The predicted octanol–water partition coefficient (Wildman–Crippen LogP) is 1.42. The molecule has 1 aromatic carbocycles. The lowest BCUT2D eigenvalue weighted by atomic mass is 10.2. The zero-order valence-corrected chi connectivity index (χ0v) is 8.84. The quantitative estimate of drug-likeness (QED) is 0.773. The molecule has 0 saturated carbocycles. The molecule has 0 heterocycles. The highest BCUT2D eigenvalue weighted by atomic mass is 32.2. The summed E-state index contributed by atoms with van der Waals surface area (Å²) in [5.41, 5.74) is 0.839. The summed E-state index contributed by atoms with van der Waals surface area (Å²) in [6, 6.07) is 5.04. The highest BCUT2D eigenvalue weighted by Crippen LogP contribution is 2.22. The molecule has 0 saturated heterocycles. The van der Waals surface area contributed by atoms with E-state index in [4.69, 9.17) is 14.0 Å². The van der Waals surface area contributed by atoms with Crippen molar-refractivity contribution >= 4 is 11.1 Å². The van der Waals surface area contributed by atoms with Crippen LogP contribution in [0.2, 0.25) is 0 Å². The van der Waals surface area contributed by atoms with Crippen LogP contribution in [-0.4, -0.2) is 23.0 Å². The van der Waals surface area contributed by atoms with Gasteiger partial charge in [0, 0.05) is 7.11 Å². The smallest absolute Gasteiger partial charge is 0.190 e. The predicted molar refractivity (Wildman–Crippen MR) is 52.7 cm³/mol. The average Bonchev–Trinajstić information content (AvgIpc) is 2.18. The summed E-state index contributed by atoms with van der Waals surface area (Å²) in [6.45, 7) is 0.411. The topological polar surface area (TPSA) is 55.8 Å². The van der Waals surface area contributed by atoms with Gasteiger partial charge in [-0.15, -0.1) is 0 Å². The van der Waals surface area contributed by atoms with E-state index < -0.39 is 11.1 Å². The van der Waals surface area contributed by atoms with Gasteiger partial charge in [-0.05, 0) is 17.7 Å². The monoisotopic (exact) mass is 216 g/mol. The number of ether oxygens (including phenoxy) is 2. The van der Waals surface area contributed by atoms with Crippen molar-refractivity contribution in [3.05, 3.63) is 23.8 Å². The lowest BCUT2D eigenvalue weighted by Crippen LogP contribution is -1.97. The fraction of sp³-hybridized carbons (Fsp3) is 0.333. The third-order valence-electron chi connectivity index (χ3n) is 1.73. The van der Waals surface area contributed by atoms with E-state index in [9.17, 15) is 4.21 Å². The summed E-state index contributed by atoms with van der Waals surface area (Å²) in [5.74, 6) is 0.408. The molecule has 14 heavy (non-hydrogen) atoms. The molecule has 1 rings (SSSR count). The maximum Gasteiger partial charge on any atom is 0.190 e. The zero-order chi connectivity index (χ0) is 10.6. The minimum absolute atomic E-state index is 0.266. The molecular formula is C9H12O4S. The second-order valence-electron chi connectivity index (χ2n) is 2.67. The second kappa shape index (κ2) is 5.09. The SMILES string of the molecule is COCc1ccc(OC)c(S(=O)O)c1. The largest absolute Gasteiger partial charge is 0.495 e. The Morgan fingerprint density at radius 3 is 2.64 bits per heavy atom. The Morgan fingerprint density at radius 1 is 1.43 bits per heavy atom. The van der Waals surface area contributed by atoms with E-state index in [2.05, 4.69) is 0 Å². The molecule has 0 radical (unpaired) electrons. The number of benzene rings is 1. The first kappa shape index (κ1) is 11.2. The minimum Gasteiger partial charge on any atom is -0.495 e. The fourth-order valence-corrected chi connectivity index (χ4v) is 1.69. The van der Waals surface area contributed by atoms with E-state index in [1.54, 1.807) is 25.3 Å². The Labute approximate surface area is 85.1 Å². The third kappa shape index (κ3) is 2.54. The van der Waals surface area contributed by atoms with Crippen LogP contribution in [0.1, 0.15) is 5.56 Å². The molecule has 0 aliphatic carbocycles. The van der Waals surface area contributed by atoms with Gasteiger partial charge in [0.25, 0.3) is 0 Å². The maximum atomic E-state index is 10.9. The van der Waals surface area contributed by atoms with Gasteiger partial charge in [0.2, 0.25) is 0 Å². The maximum absolute atomic E-state index is 10.9. The molecule has 0 fully saturated rings. The zero-order valence-electron chi connectivity index (χ0n) is 8.02. The number of rotatable bonds is 4. The van der Waals surface area contributed by atoms with Gasteiger partial charge in [0.1, 0.15) is 10.6 Å². The lowest BCUT2D eigenvalue weighted by Gasteiger charge is -2.07. The summed E-state index contributed by atoms with van der Waals surface area (Å²) >= 11 is -2.03. The summed E-state index contributed by atoms with van der Waals surface area (Å²) in [4.78, 5) is 0.266. The van der Waals surface area contributed by atoms with Crippen LogP contribution in [0.3, 0.4) is 0 Å². The molecule has 1 atom stereocenters. The molecule has 5 heteroatoms. The fourth-order valence-electron chi connectivity index (χ4n) is 1.11. The Kier molecular flexibility index (Phi) is 4.06. The van der Waals surface area contributed by atoms with Gasteiger partial charge in [0.15, 0.2) is 11.1 Å². The molecule has 0 aromatic heterocycles. The number of methoxy groups -OCH3 is 2. The molecule has 1 aromatic rings. The molecule has 78 valence electrons. The van der Waals surface area contributed by atoms with Crippen LogP contribution in [0, 0.1) is 0 Å². The molecule has 1 unspecified atom stereocenters. The van der Waals surface area contributed by atoms with E-state index in [1.807, 2.05) is 0 Å². The highest BCUT2D eigenvalue weighted by molar-refractivity contribution is 7.79. The highest BCUT2D eigenvalue weighted by Gasteiger charge is 2.09. The average molecular weight is 216 g/mol. The van der Waals surface area contributed by atoms with Gasteiger partial charge in [-0.3, -0.25) is 0 Å². The van der Waals surface area contributed by atoms with E-state index in [0.717, 1.165) is 5.56 Å². The molecule has 1 N–H and O–H groups in total. The molecular weight excluding hydrogens is 204 g/mol. The summed E-state index contributed by atoms with van der Waals surface area (Å²) < 4.78 is 29.8. The van der Waals surface area contributed by atoms with E-state index in [-0.39, 0.29) is 4.90 Å². The van der Waals surface area contributed by atoms with Crippen molar-refractivity contribution in [3.63, 3.8) is 0 Å². The third-order valence-corrected chi connectivity index (χ3v) is 2.42. The van der Waals surface area contributed by atoms with Crippen LogP contribution >= 0.6 is 0 Å². The van der Waals surface area contributed by atoms with E-state index in [0.29, 0.717) is 12.4 Å². The van der Waals surface area contributed by atoms with Crippen molar-refractivity contribution in [3.8, 4) is 5.75 Å². The van der Waals surface area contributed by atoms with Crippen molar-refractivity contribution in [2.24, 2.45) is 0 Å². The van der Waals surface area contributed by atoms with Crippen LogP contribution in [0.25, 0.3) is 0 Å².